The van der Waals surface area contributed by atoms with Crippen LogP contribution in [0.3, 0.4) is 0 Å². The molecule has 2 aromatic carbocycles. The predicted octanol–water partition coefficient (Wildman–Crippen LogP) is 2.17. The first kappa shape index (κ1) is 22.6. The number of nitrogens with one attached hydrogen (secondary N) is 3. The molecule has 1 heterocycles. The van der Waals surface area contributed by atoms with Gasteiger partial charge in [0, 0.05) is 36.2 Å². The zero-order valence-electron chi connectivity index (χ0n) is 18.4. The van der Waals surface area contributed by atoms with E-state index in [0.717, 1.165) is 23.7 Å². The molecule has 1 saturated heterocycles. The monoisotopic (exact) mass is 425 g/mol. The third-order valence-corrected chi connectivity index (χ3v) is 5.55. The highest BCUT2D eigenvalue weighted by atomic mass is 16.5. The Hall–Kier alpha value is -3.06. The second-order valence-corrected chi connectivity index (χ2v) is 7.88. The Bertz CT molecular complexity index is 863. The minimum atomic E-state index is -0.135. The van der Waals surface area contributed by atoms with Gasteiger partial charge in [-0.2, -0.15) is 0 Å². The minimum Gasteiger partial charge on any atom is -0.497 e. The molecule has 0 spiro atoms. The molecule has 1 fully saturated rings. The van der Waals surface area contributed by atoms with E-state index in [1.807, 2.05) is 37.3 Å². The molecule has 7 heteroatoms. The summed E-state index contributed by atoms with van der Waals surface area (Å²) in [6.45, 7) is 5.28. The third-order valence-electron chi connectivity index (χ3n) is 5.55. The van der Waals surface area contributed by atoms with E-state index in [4.69, 9.17) is 4.74 Å². The second kappa shape index (κ2) is 11.4. The zero-order chi connectivity index (χ0) is 22.1. The van der Waals surface area contributed by atoms with Crippen LogP contribution < -0.4 is 25.2 Å². The maximum Gasteiger partial charge on any atom is 0.279 e. The number of amides is 2. The Labute approximate surface area is 184 Å². The quantitative estimate of drug-likeness (QED) is 0.576. The first-order valence-corrected chi connectivity index (χ1v) is 11.0. The summed E-state index contributed by atoms with van der Waals surface area (Å²) in [5.41, 5.74) is 2.66. The van der Waals surface area contributed by atoms with Crippen LogP contribution in [0, 0.1) is 0 Å². The van der Waals surface area contributed by atoms with E-state index in [1.165, 1.54) is 24.9 Å². The van der Waals surface area contributed by atoms with Gasteiger partial charge in [-0.25, -0.2) is 0 Å². The first-order valence-electron chi connectivity index (χ1n) is 11.0. The van der Waals surface area contributed by atoms with Gasteiger partial charge in [0.2, 0.25) is 0 Å². The van der Waals surface area contributed by atoms with Crippen molar-refractivity contribution < 1.29 is 19.2 Å². The Morgan fingerprint density at radius 2 is 1.58 bits per heavy atom. The molecule has 0 radical (unpaired) electrons. The number of carbonyl (C=O) groups excluding carboxylic acids is 2. The molecule has 0 saturated carbocycles. The van der Waals surface area contributed by atoms with E-state index in [1.54, 1.807) is 13.2 Å². The number of rotatable bonds is 9. The summed E-state index contributed by atoms with van der Waals surface area (Å²) >= 11 is 0. The lowest BCUT2D eigenvalue weighted by atomic mass is 10.1. The Balaban J connectivity index is 1.48. The van der Waals surface area contributed by atoms with Gasteiger partial charge in [0.05, 0.1) is 13.7 Å². The van der Waals surface area contributed by atoms with Crippen molar-refractivity contribution in [2.45, 2.75) is 26.2 Å². The molecule has 2 aromatic rings. The van der Waals surface area contributed by atoms with Crippen molar-refractivity contribution in [1.29, 1.82) is 0 Å². The summed E-state index contributed by atoms with van der Waals surface area (Å²) in [5, 5.41) is 5.81. The second-order valence-electron chi connectivity index (χ2n) is 7.88. The molecule has 1 aliphatic heterocycles. The number of ether oxygens (including phenoxy) is 1. The molecule has 1 aliphatic rings. The summed E-state index contributed by atoms with van der Waals surface area (Å²) < 4.78 is 5.18. The molecule has 3 N–H and O–H groups in total. The molecule has 0 bridgehead atoms. The van der Waals surface area contributed by atoms with Crippen LogP contribution in [0.25, 0.3) is 0 Å². The van der Waals surface area contributed by atoms with Crippen molar-refractivity contribution in [2.75, 3.05) is 55.4 Å². The Kier molecular flexibility index (Phi) is 8.29. The topological polar surface area (TPSA) is 75.1 Å². The molecule has 1 atom stereocenters. The highest BCUT2D eigenvalue weighted by molar-refractivity contribution is 5.93. The van der Waals surface area contributed by atoms with Gasteiger partial charge in [0.15, 0.2) is 13.1 Å². The summed E-state index contributed by atoms with van der Waals surface area (Å²) in [6.07, 6.45) is 3.78. The SMILES string of the molecule is CC[NH+](CC(=O)Nc1ccc(N2CCCCC2)cc1)CC(=O)Nc1cccc(OC)c1. The van der Waals surface area contributed by atoms with E-state index in [0.29, 0.717) is 18.0 Å². The summed E-state index contributed by atoms with van der Waals surface area (Å²) in [7, 11) is 1.59. The maximum atomic E-state index is 12.5. The number of carbonyl (C=O) groups is 2. The summed E-state index contributed by atoms with van der Waals surface area (Å²) in [5.74, 6) is 0.448. The fraction of sp³-hybridized carbons (Fsp3) is 0.417. The summed E-state index contributed by atoms with van der Waals surface area (Å²) in [4.78, 5) is 28.2. The van der Waals surface area contributed by atoms with E-state index >= 15 is 0 Å². The average molecular weight is 426 g/mol. The van der Waals surface area contributed by atoms with Crippen LogP contribution in [0.2, 0.25) is 0 Å². The number of nitrogens with zero attached hydrogens (tertiary/aromatic N) is 1. The number of hydrogen-bond donors (Lipinski definition) is 3. The molecule has 31 heavy (non-hydrogen) atoms. The summed E-state index contributed by atoms with van der Waals surface area (Å²) in [6, 6.07) is 15.2. The highest BCUT2D eigenvalue weighted by Gasteiger charge is 2.17. The molecular weight excluding hydrogens is 392 g/mol. The minimum absolute atomic E-state index is 0.100. The van der Waals surface area contributed by atoms with E-state index in [-0.39, 0.29) is 24.9 Å². The lowest BCUT2D eigenvalue weighted by molar-refractivity contribution is -0.881. The highest BCUT2D eigenvalue weighted by Crippen LogP contribution is 2.21. The van der Waals surface area contributed by atoms with Gasteiger partial charge in [-0.05, 0) is 62.6 Å². The Morgan fingerprint density at radius 1 is 0.935 bits per heavy atom. The molecule has 2 amide bonds. The number of likely N-dealkylation sites (N-methyl/N-ethyl adjacent to an activating group) is 1. The van der Waals surface area contributed by atoms with Crippen LogP contribution in [-0.4, -0.2) is 51.6 Å². The van der Waals surface area contributed by atoms with Crippen LogP contribution in [0.4, 0.5) is 17.1 Å². The van der Waals surface area contributed by atoms with Crippen molar-refractivity contribution in [3.05, 3.63) is 48.5 Å². The van der Waals surface area contributed by atoms with Gasteiger partial charge >= 0.3 is 0 Å². The number of benzene rings is 2. The van der Waals surface area contributed by atoms with E-state index in [2.05, 4.69) is 27.7 Å². The van der Waals surface area contributed by atoms with Crippen molar-refractivity contribution >= 4 is 28.9 Å². The molecule has 1 unspecified atom stereocenters. The van der Waals surface area contributed by atoms with Gasteiger partial charge in [0.1, 0.15) is 5.75 Å². The van der Waals surface area contributed by atoms with Crippen molar-refractivity contribution in [1.82, 2.24) is 0 Å². The van der Waals surface area contributed by atoms with Gasteiger partial charge in [0.25, 0.3) is 11.8 Å². The lowest BCUT2D eigenvalue weighted by Crippen LogP contribution is -3.13. The number of piperidine rings is 1. The van der Waals surface area contributed by atoms with Gasteiger partial charge in [-0.1, -0.05) is 6.07 Å². The number of methoxy groups -OCH3 is 1. The van der Waals surface area contributed by atoms with Gasteiger partial charge < -0.3 is 25.2 Å². The normalized spacial score (nSPS) is 14.6. The standard InChI is InChI=1S/C24H32N4O3/c1-3-27(18-24(30)26-20-8-7-9-22(16-20)31-2)17-23(29)25-19-10-12-21(13-11-19)28-14-5-4-6-15-28/h7-13,16H,3-6,14-15,17-18H2,1-2H3,(H,25,29)(H,26,30)/p+1. The average Bonchev–Trinajstić information content (AvgIpc) is 2.79. The molecular formula is C24H33N4O3+. The smallest absolute Gasteiger partial charge is 0.279 e. The largest absolute Gasteiger partial charge is 0.497 e. The van der Waals surface area contributed by atoms with Crippen molar-refractivity contribution in [3.8, 4) is 5.75 Å². The zero-order valence-corrected chi connectivity index (χ0v) is 18.4. The first-order chi connectivity index (χ1) is 15.1. The van der Waals surface area contributed by atoms with Crippen LogP contribution in [0.15, 0.2) is 48.5 Å². The predicted molar refractivity (Wildman–Crippen MR) is 124 cm³/mol. The van der Waals surface area contributed by atoms with Crippen molar-refractivity contribution in [2.24, 2.45) is 0 Å². The third kappa shape index (κ3) is 7.00. The van der Waals surface area contributed by atoms with Crippen LogP contribution in [-0.2, 0) is 9.59 Å². The fourth-order valence-electron chi connectivity index (χ4n) is 3.79. The molecule has 166 valence electrons. The molecule has 0 aromatic heterocycles. The van der Waals surface area contributed by atoms with E-state index < -0.39 is 0 Å². The van der Waals surface area contributed by atoms with Crippen LogP contribution in [0.1, 0.15) is 26.2 Å². The number of quaternary nitrogens is 1. The van der Waals surface area contributed by atoms with Crippen molar-refractivity contribution in [3.63, 3.8) is 0 Å². The number of hydrogen-bond acceptors (Lipinski definition) is 4. The van der Waals surface area contributed by atoms with Gasteiger partial charge in [-0.3, -0.25) is 9.59 Å². The molecule has 7 nitrogen and oxygen atoms in total. The Morgan fingerprint density at radius 3 is 2.19 bits per heavy atom. The lowest BCUT2D eigenvalue weighted by Gasteiger charge is -2.28. The fourth-order valence-corrected chi connectivity index (χ4v) is 3.79. The molecule has 0 aliphatic carbocycles. The van der Waals surface area contributed by atoms with Crippen LogP contribution in [0.5, 0.6) is 5.75 Å². The maximum absolute atomic E-state index is 12.5. The van der Waals surface area contributed by atoms with E-state index in [9.17, 15) is 9.59 Å². The number of anilines is 3. The van der Waals surface area contributed by atoms with Crippen LogP contribution >= 0.6 is 0 Å². The molecule has 3 rings (SSSR count). The van der Waals surface area contributed by atoms with Gasteiger partial charge in [-0.15, -0.1) is 0 Å².